The molecule has 0 fully saturated rings. The normalized spacial score (nSPS) is 13.3. The standard InChI is InChI=1S/C22H25N3O2S2/c1-14-17(15(2)27-25-14)13-28-19-9-5-3-7-16(19)22(26)23-12-11-21-24-18-8-4-6-10-20(18)29-21/h3,5,7,9H,4,6,8,10-13H2,1-2H3,(H,23,26). The maximum Gasteiger partial charge on any atom is 0.252 e. The van der Waals surface area contributed by atoms with Crippen LogP contribution in [0.4, 0.5) is 0 Å². The third-order valence-electron chi connectivity index (χ3n) is 5.20. The molecular weight excluding hydrogens is 402 g/mol. The van der Waals surface area contributed by atoms with Crippen LogP contribution in [0.1, 0.15) is 55.8 Å². The van der Waals surface area contributed by atoms with Crippen LogP contribution < -0.4 is 5.32 Å². The highest BCUT2D eigenvalue weighted by Gasteiger charge is 2.16. The SMILES string of the molecule is Cc1noc(C)c1CSc1ccccc1C(=O)NCCc1nc2c(s1)CCCC2. The van der Waals surface area contributed by atoms with Crippen molar-refractivity contribution in [2.75, 3.05) is 6.54 Å². The predicted octanol–water partition coefficient (Wildman–Crippen LogP) is 4.89. The number of aryl methyl sites for hydroxylation is 4. The van der Waals surface area contributed by atoms with E-state index < -0.39 is 0 Å². The molecule has 0 saturated heterocycles. The molecule has 29 heavy (non-hydrogen) atoms. The quantitative estimate of drug-likeness (QED) is 0.544. The van der Waals surface area contributed by atoms with Crippen molar-refractivity contribution in [3.8, 4) is 0 Å². The number of fused-ring (bicyclic) bond motifs is 1. The van der Waals surface area contributed by atoms with Crippen LogP contribution in [0.15, 0.2) is 33.7 Å². The summed E-state index contributed by atoms with van der Waals surface area (Å²) >= 11 is 3.45. The fourth-order valence-electron chi connectivity index (χ4n) is 3.53. The van der Waals surface area contributed by atoms with E-state index in [1.807, 2.05) is 49.4 Å². The third-order valence-corrected chi connectivity index (χ3v) is 7.52. The number of thiazole rings is 1. The molecule has 0 radical (unpaired) electrons. The van der Waals surface area contributed by atoms with Gasteiger partial charge < -0.3 is 9.84 Å². The average molecular weight is 428 g/mol. The molecule has 7 heteroatoms. The number of nitrogens with one attached hydrogen (secondary N) is 1. The number of carbonyl (C=O) groups is 1. The first kappa shape index (κ1) is 20.2. The van der Waals surface area contributed by atoms with E-state index >= 15 is 0 Å². The van der Waals surface area contributed by atoms with Crippen molar-refractivity contribution < 1.29 is 9.32 Å². The van der Waals surface area contributed by atoms with Gasteiger partial charge in [-0.3, -0.25) is 4.79 Å². The van der Waals surface area contributed by atoms with E-state index in [1.165, 1.54) is 23.4 Å². The van der Waals surface area contributed by atoms with Gasteiger partial charge in [-0.15, -0.1) is 23.1 Å². The number of amides is 1. The second-order valence-electron chi connectivity index (χ2n) is 7.28. The lowest BCUT2D eigenvalue weighted by Crippen LogP contribution is -2.26. The van der Waals surface area contributed by atoms with Gasteiger partial charge in [-0.05, 0) is 51.7 Å². The fourth-order valence-corrected chi connectivity index (χ4v) is 5.89. The molecule has 152 valence electrons. The first-order valence-electron chi connectivity index (χ1n) is 10.0. The molecule has 4 rings (SSSR count). The Morgan fingerprint density at radius 1 is 1.24 bits per heavy atom. The van der Waals surface area contributed by atoms with Crippen molar-refractivity contribution >= 4 is 29.0 Å². The van der Waals surface area contributed by atoms with Gasteiger partial charge in [-0.1, -0.05) is 17.3 Å². The first-order valence-corrected chi connectivity index (χ1v) is 11.8. The van der Waals surface area contributed by atoms with Crippen LogP contribution >= 0.6 is 23.1 Å². The maximum atomic E-state index is 12.8. The van der Waals surface area contributed by atoms with E-state index in [0.717, 1.165) is 51.9 Å². The highest BCUT2D eigenvalue weighted by atomic mass is 32.2. The summed E-state index contributed by atoms with van der Waals surface area (Å²) < 4.78 is 5.24. The Morgan fingerprint density at radius 2 is 2.07 bits per heavy atom. The molecule has 0 unspecified atom stereocenters. The van der Waals surface area contributed by atoms with Gasteiger partial charge in [0.1, 0.15) is 5.76 Å². The van der Waals surface area contributed by atoms with E-state index in [9.17, 15) is 4.79 Å². The Labute approximate surface area is 179 Å². The lowest BCUT2D eigenvalue weighted by atomic mass is 10.0. The van der Waals surface area contributed by atoms with Gasteiger partial charge in [0.15, 0.2) is 0 Å². The van der Waals surface area contributed by atoms with Gasteiger partial charge in [0.25, 0.3) is 5.91 Å². The summed E-state index contributed by atoms with van der Waals surface area (Å²) in [5.74, 6) is 1.53. The lowest BCUT2D eigenvalue weighted by Gasteiger charge is -2.09. The van der Waals surface area contributed by atoms with Crippen LogP contribution in [0.3, 0.4) is 0 Å². The molecule has 1 aliphatic carbocycles. The predicted molar refractivity (Wildman–Crippen MR) is 117 cm³/mol. The summed E-state index contributed by atoms with van der Waals surface area (Å²) in [5.41, 5.74) is 3.99. The van der Waals surface area contributed by atoms with Gasteiger partial charge >= 0.3 is 0 Å². The Bertz CT molecular complexity index is 966. The lowest BCUT2D eigenvalue weighted by molar-refractivity contribution is 0.0951. The van der Waals surface area contributed by atoms with Crippen molar-refractivity contribution in [1.29, 1.82) is 0 Å². The second kappa shape index (κ2) is 9.13. The number of hydrogen-bond donors (Lipinski definition) is 1. The molecule has 3 aromatic rings. The minimum atomic E-state index is -0.0341. The van der Waals surface area contributed by atoms with Crippen molar-refractivity contribution in [3.63, 3.8) is 0 Å². The molecule has 0 atom stereocenters. The summed E-state index contributed by atoms with van der Waals surface area (Å²) in [6.07, 6.45) is 5.57. The molecule has 0 aliphatic heterocycles. The van der Waals surface area contributed by atoms with Gasteiger partial charge in [-0.2, -0.15) is 0 Å². The molecule has 2 heterocycles. The van der Waals surface area contributed by atoms with Crippen LogP contribution in [0.5, 0.6) is 0 Å². The van der Waals surface area contributed by atoms with Crippen molar-refractivity contribution in [2.45, 2.75) is 56.6 Å². The first-order chi connectivity index (χ1) is 14.1. The van der Waals surface area contributed by atoms with Crippen molar-refractivity contribution in [1.82, 2.24) is 15.5 Å². The summed E-state index contributed by atoms with van der Waals surface area (Å²) in [7, 11) is 0. The largest absolute Gasteiger partial charge is 0.361 e. The maximum absolute atomic E-state index is 12.8. The second-order valence-corrected chi connectivity index (χ2v) is 9.46. The average Bonchev–Trinajstić information content (AvgIpc) is 3.29. The highest BCUT2D eigenvalue weighted by molar-refractivity contribution is 7.98. The summed E-state index contributed by atoms with van der Waals surface area (Å²) in [6, 6.07) is 7.75. The van der Waals surface area contributed by atoms with E-state index in [-0.39, 0.29) is 5.91 Å². The summed E-state index contributed by atoms with van der Waals surface area (Å²) in [6.45, 7) is 4.47. The van der Waals surface area contributed by atoms with Crippen LogP contribution in [0.25, 0.3) is 0 Å². The zero-order chi connectivity index (χ0) is 20.2. The Morgan fingerprint density at radius 3 is 2.86 bits per heavy atom. The fraction of sp³-hybridized carbons (Fsp3) is 0.409. The van der Waals surface area contributed by atoms with E-state index in [1.54, 1.807) is 11.8 Å². The minimum absolute atomic E-state index is 0.0341. The molecule has 2 aromatic heterocycles. The highest BCUT2D eigenvalue weighted by Crippen LogP contribution is 2.29. The molecule has 1 aliphatic rings. The molecule has 1 N–H and O–H groups in total. The molecule has 1 aromatic carbocycles. The zero-order valence-corrected chi connectivity index (χ0v) is 18.4. The van der Waals surface area contributed by atoms with Gasteiger partial charge in [-0.25, -0.2) is 4.98 Å². The van der Waals surface area contributed by atoms with Gasteiger partial charge in [0, 0.05) is 34.1 Å². The Balaban J connectivity index is 1.35. The van der Waals surface area contributed by atoms with Crippen molar-refractivity contribution in [3.05, 3.63) is 62.4 Å². The summed E-state index contributed by atoms with van der Waals surface area (Å²) in [5, 5.41) is 8.21. The molecule has 0 saturated carbocycles. The number of aromatic nitrogens is 2. The smallest absolute Gasteiger partial charge is 0.252 e. The number of rotatable bonds is 7. The number of nitrogens with zero attached hydrogens (tertiary/aromatic N) is 2. The Hall–Kier alpha value is -2.12. The van der Waals surface area contributed by atoms with Crippen LogP contribution in [-0.4, -0.2) is 22.6 Å². The third kappa shape index (κ3) is 4.73. The summed E-state index contributed by atoms with van der Waals surface area (Å²) in [4.78, 5) is 19.9. The number of benzene rings is 1. The molecular formula is C22H25N3O2S2. The number of carbonyl (C=O) groups excluding carboxylic acids is 1. The molecule has 1 amide bonds. The van der Waals surface area contributed by atoms with Crippen LogP contribution in [0, 0.1) is 13.8 Å². The topological polar surface area (TPSA) is 68.0 Å². The van der Waals surface area contributed by atoms with Crippen LogP contribution in [0.2, 0.25) is 0 Å². The molecule has 0 spiro atoms. The molecule has 0 bridgehead atoms. The van der Waals surface area contributed by atoms with Crippen LogP contribution in [-0.2, 0) is 25.0 Å². The van der Waals surface area contributed by atoms with E-state index in [0.29, 0.717) is 12.1 Å². The van der Waals surface area contributed by atoms with E-state index in [4.69, 9.17) is 9.51 Å². The number of hydrogen-bond acceptors (Lipinski definition) is 6. The number of thioether (sulfide) groups is 1. The van der Waals surface area contributed by atoms with Gasteiger partial charge in [0.05, 0.1) is 22.0 Å². The monoisotopic (exact) mass is 427 g/mol. The van der Waals surface area contributed by atoms with Gasteiger partial charge in [0.2, 0.25) is 0 Å². The zero-order valence-electron chi connectivity index (χ0n) is 16.8. The molecule has 5 nitrogen and oxygen atoms in total. The minimum Gasteiger partial charge on any atom is -0.361 e. The van der Waals surface area contributed by atoms with Crippen molar-refractivity contribution in [2.24, 2.45) is 0 Å². The Kier molecular flexibility index (Phi) is 6.35. The van der Waals surface area contributed by atoms with E-state index in [2.05, 4.69) is 10.5 Å².